The Kier molecular flexibility index (Phi) is 6.23. The Morgan fingerprint density at radius 3 is 2.69 bits per heavy atom. The Bertz CT molecular complexity index is 318. The molecule has 0 aromatic heterocycles. The first-order valence-corrected chi connectivity index (χ1v) is 5.81. The molecule has 1 aromatic carbocycles. The molecular weight excluding hydrogens is 226 g/mol. The van der Waals surface area contributed by atoms with Crippen molar-refractivity contribution in [3.8, 4) is 5.75 Å². The smallest absolute Gasteiger partial charge is 0.137 e. The van der Waals surface area contributed by atoms with Crippen LogP contribution in [0.3, 0.4) is 0 Å². The number of methoxy groups -OCH3 is 1. The van der Waals surface area contributed by atoms with E-state index in [-0.39, 0.29) is 0 Å². The van der Waals surface area contributed by atoms with E-state index < -0.39 is 0 Å². The molecule has 0 aliphatic heterocycles. The van der Waals surface area contributed by atoms with Crippen molar-refractivity contribution in [2.24, 2.45) is 0 Å². The van der Waals surface area contributed by atoms with Crippen LogP contribution in [0.1, 0.15) is 5.56 Å². The third-order valence-electron chi connectivity index (χ3n) is 2.25. The second kappa shape index (κ2) is 7.49. The van der Waals surface area contributed by atoms with Crippen LogP contribution < -0.4 is 10.1 Å². The summed E-state index contributed by atoms with van der Waals surface area (Å²) >= 11 is 5.92. The number of quaternary nitrogens is 1. The number of aryl methyl sites for hydroxylation is 1. The maximum absolute atomic E-state index is 5.92. The molecule has 0 aliphatic rings. The van der Waals surface area contributed by atoms with Gasteiger partial charge in [0.1, 0.15) is 18.9 Å². The molecule has 2 N–H and O–H groups in total. The fourth-order valence-corrected chi connectivity index (χ4v) is 1.43. The van der Waals surface area contributed by atoms with Crippen LogP contribution in [0.5, 0.6) is 5.75 Å². The summed E-state index contributed by atoms with van der Waals surface area (Å²) in [5, 5.41) is 2.95. The summed E-state index contributed by atoms with van der Waals surface area (Å²) in [4.78, 5) is 0. The van der Waals surface area contributed by atoms with Gasteiger partial charge in [0.15, 0.2) is 0 Å². The molecule has 0 aliphatic carbocycles. The molecule has 0 spiro atoms. The van der Waals surface area contributed by atoms with E-state index in [1.165, 1.54) is 0 Å². The lowest BCUT2D eigenvalue weighted by Gasteiger charge is -2.07. The molecule has 0 unspecified atom stereocenters. The summed E-state index contributed by atoms with van der Waals surface area (Å²) < 4.78 is 10.5. The number of benzene rings is 1. The SMILES string of the molecule is COCC[NH2+]CCOc1ccc(Cl)c(C)c1. The summed E-state index contributed by atoms with van der Waals surface area (Å²) in [5.41, 5.74) is 1.04. The van der Waals surface area contributed by atoms with Crippen LogP contribution in [0.15, 0.2) is 18.2 Å². The van der Waals surface area contributed by atoms with Gasteiger partial charge in [-0.05, 0) is 30.7 Å². The molecular formula is C12H19ClNO2+. The molecule has 0 bridgehead atoms. The van der Waals surface area contributed by atoms with Crippen LogP contribution in [-0.4, -0.2) is 33.4 Å². The summed E-state index contributed by atoms with van der Waals surface area (Å²) in [6.07, 6.45) is 0. The predicted molar refractivity (Wildman–Crippen MR) is 65.2 cm³/mol. The van der Waals surface area contributed by atoms with E-state index in [0.29, 0.717) is 6.61 Å². The van der Waals surface area contributed by atoms with Crippen molar-refractivity contribution in [3.63, 3.8) is 0 Å². The fraction of sp³-hybridized carbons (Fsp3) is 0.500. The average molecular weight is 245 g/mol. The molecule has 4 heteroatoms. The average Bonchev–Trinajstić information content (AvgIpc) is 2.28. The number of rotatable bonds is 7. The maximum atomic E-state index is 5.92. The molecule has 0 saturated heterocycles. The number of ether oxygens (including phenoxy) is 2. The summed E-state index contributed by atoms with van der Waals surface area (Å²) in [6.45, 7) is 5.36. The van der Waals surface area contributed by atoms with Crippen LogP contribution in [0.2, 0.25) is 5.02 Å². The fourth-order valence-electron chi connectivity index (χ4n) is 1.31. The zero-order valence-corrected chi connectivity index (χ0v) is 10.6. The molecule has 1 aromatic rings. The Morgan fingerprint density at radius 1 is 1.25 bits per heavy atom. The van der Waals surface area contributed by atoms with Crippen molar-refractivity contribution in [3.05, 3.63) is 28.8 Å². The van der Waals surface area contributed by atoms with Crippen molar-refractivity contribution in [2.75, 3.05) is 33.4 Å². The van der Waals surface area contributed by atoms with Gasteiger partial charge in [-0.25, -0.2) is 0 Å². The molecule has 16 heavy (non-hydrogen) atoms. The minimum absolute atomic E-state index is 0.699. The van der Waals surface area contributed by atoms with Crippen LogP contribution in [-0.2, 0) is 4.74 Å². The van der Waals surface area contributed by atoms with E-state index >= 15 is 0 Å². The van der Waals surface area contributed by atoms with Gasteiger partial charge >= 0.3 is 0 Å². The highest BCUT2D eigenvalue weighted by atomic mass is 35.5. The third kappa shape index (κ3) is 4.84. The van der Waals surface area contributed by atoms with Crippen molar-refractivity contribution in [1.82, 2.24) is 0 Å². The minimum atomic E-state index is 0.699. The maximum Gasteiger partial charge on any atom is 0.137 e. The molecule has 0 heterocycles. The van der Waals surface area contributed by atoms with E-state index in [9.17, 15) is 0 Å². The Balaban J connectivity index is 2.19. The quantitative estimate of drug-likeness (QED) is 0.733. The highest BCUT2D eigenvalue weighted by molar-refractivity contribution is 6.31. The number of halogens is 1. The molecule has 0 saturated carbocycles. The summed E-state index contributed by atoms with van der Waals surface area (Å²) in [7, 11) is 1.71. The Hall–Kier alpha value is -0.770. The van der Waals surface area contributed by atoms with Crippen LogP contribution in [0.25, 0.3) is 0 Å². The molecule has 0 fully saturated rings. The molecule has 3 nitrogen and oxygen atoms in total. The normalized spacial score (nSPS) is 10.4. The highest BCUT2D eigenvalue weighted by Gasteiger charge is 1.98. The number of hydrogen-bond donors (Lipinski definition) is 1. The lowest BCUT2D eigenvalue weighted by Crippen LogP contribution is -2.86. The first-order chi connectivity index (χ1) is 7.74. The van der Waals surface area contributed by atoms with Crippen molar-refractivity contribution in [1.29, 1.82) is 0 Å². The van der Waals surface area contributed by atoms with Crippen molar-refractivity contribution >= 4 is 11.6 Å². The second-order valence-corrected chi connectivity index (χ2v) is 4.03. The summed E-state index contributed by atoms with van der Waals surface area (Å²) in [5.74, 6) is 0.877. The first kappa shape index (κ1) is 13.3. The predicted octanol–water partition coefficient (Wildman–Crippen LogP) is 1.24. The lowest BCUT2D eigenvalue weighted by atomic mass is 10.2. The highest BCUT2D eigenvalue weighted by Crippen LogP contribution is 2.20. The van der Waals surface area contributed by atoms with Gasteiger partial charge in [0, 0.05) is 12.1 Å². The lowest BCUT2D eigenvalue weighted by molar-refractivity contribution is -0.656. The van der Waals surface area contributed by atoms with Gasteiger partial charge in [0.25, 0.3) is 0 Å². The molecule has 1 rings (SSSR count). The van der Waals surface area contributed by atoms with Crippen LogP contribution in [0, 0.1) is 6.92 Å². The van der Waals surface area contributed by atoms with Crippen LogP contribution >= 0.6 is 11.6 Å². The van der Waals surface area contributed by atoms with Gasteiger partial charge in [0.2, 0.25) is 0 Å². The molecule has 0 amide bonds. The third-order valence-corrected chi connectivity index (χ3v) is 2.67. The van der Waals surface area contributed by atoms with Crippen molar-refractivity contribution < 1.29 is 14.8 Å². The van der Waals surface area contributed by atoms with E-state index in [1.807, 2.05) is 25.1 Å². The number of nitrogens with two attached hydrogens (primary N) is 1. The first-order valence-electron chi connectivity index (χ1n) is 5.43. The van der Waals surface area contributed by atoms with E-state index in [2.05, 4.69) is 5.32 Å². The second-order valence-electron chi connectivity index (χ2n) is 3.62. The topological polar surface area (TPSA) is 35.1 Å². The minimum Gasteiger partial charge on any atom is -0.488 e. The van der Waals surface area contributed by atoms with Gasteiger partial charge in [-0.2, -0.15) is 0 Å². The van der Waals surface area contributed by atoms with Gasteiger partial charge in [-0.3, -0.25) is 0 Å². The Labute approximate surface area is 102 Å². The van der Waals surface area contributed by atoms with E-state index in [4.69, 9.17) is 21.1 Å². The van der Waals surface area contributed by atoms with Gasteiger partial charge in [-0.15, -0.1) is 0 Å². The largest absolute Gasteiger partial charge is 0.488 e. The standard InChI is InChI=1S/C12H18ClNO2/c1-10-9-11(3-4-12(10)13)16-8-6-14-5-7-15-2/h3-4,9,14H,5-8H2,1-2H3/p+1. The van der Waals surface area contributed by atoms with Gasteiger partial charge in [-0.1, -0.05) is 11.6 Å². The van der Waals surface area contributed by atoms with Crippen molar-refractivity contribution in [2.45, 2.75) is 6.92 Å². The monoisotopic (exact) mass is 244 g/mol. The van der Waals surface area contributed by atoms with Gasteiger partial charge < -0.3 is 14.8 Å². The molecule has 0 radical (unpaired) electrons. The van der Waals surface area contributed by atoms with E-state index in [0.717, 1.165) is 36.0 Å². The molecule has 0 atom stereocenters. The van der Waals surface area contributed by atoms with E-state index in [1.54, 1.807) is 7.11 Å². The van der Waals surface area contributed by atoms with Gasteiger partial charge in [0.05, 0.1) is 13.2 Å². The summed E-state index contributed by atoms with van der Waals surface area (Å²) in [6, 6.07) is 5.71. The van der Waals surface area contributed by atoms with Crippen LogP contribution in [0.4, 0.5) is 0 Å². The zero-order valence-electron chi connectivity index (χ0n) is 9.83. The molecule has 90 valence electrons. The Morgan fingerprint density at radius 2 is 2.00 bits per heavy atom. The zero-order chi connectivity index (χ0) is 11.8. The number of hydrogen-bond acceptors (Lipinski definition) is 2.